The highest BCUT2D eigenvalue weighted by atomic mass is 14.2. The molecule has 0 aromatic heterocycles. The molecule has 30 heavy (non-hydrogen) atoms. The zero-order valence-corrected chi connectivity index (χ0v) is 18.5. The van der Waals surface area contributed by atoms with Crippen molar-refractivity contribution < 1.29 is 0 Å². The third-order valence-electron chi connectivity index (χ3n) is 5.01. The molecule has 0 radical (unpaired) electrons. The lowest BCUT2D eigenvalue weighted by Crippen LogP contribution is -2.00. The van der Waals surface area contributed by atoms with Crippen LogP contribution in [0.15, 0.2) is 114 Å². The van der Waals surface area contributed by atoms with Crippen LogP contribution < -0.4 is 0 Å². The van der Waals surface area contributed by atoms with Crippen LogP contribution >= 0.6 is 0 Å². The zero-order chi connectivity index (χ0) is 22.1. The van der Waals surface area contributed by atoms with Gasteiger partial charge >= 0.3 is 0 Å². The second-order valence-corrected chi connectivity index (χ2v) is 7.20. The Kier molecular flexibility index (Phi) is 8.21. The maximum atomic E-state index is 5.53. The highest BCUT2D eigenvalue weighted by Crippen LogP contribution is 2.37. The van der Waals surface area contributed by atoms with Crippen LogP contribution in [-0.4, -0.2) is 0 Å². The molecule has 0 bridgehead atoms. The Hall–Kier alpha value is -3.56. The number of terminal acetylenes is 1. The van der Waals surface area contributed by atoms with Gasteiger partial charge in [0.15, 0.2) is 0 Å². The molecule has 0 aliphatic heterocycles. The van der Waals surface area contributed by atoms with Crippen molar-refractivity contribution in [1.29, 1.82) is 0 Å². The maximum Gasteiger partial charge on any atom is 0.0248 e. The number of hydrogen-bond donors (Lipinski definition) is 0. The van der Waals surface area contributed by atoms with E-state index >= 15 is 0 Å². The van der Waals surface area contributed by atoms with Crippen LogP contribution in [0.25, 0.3) is 11.6 Å². The minimum Gasteiger partial charge on any atom is -0.115 e. The monoisotopic (exact) mass is 390 g/mol. The van der Waals surface area contributed by atoms with Crippen molar-refractivity contribution in [3.8, 4) is 12.3 Å². The maximum absolute atomic E-state index is 5.53. The summed E-state index contributed by atoms with van der Waals surface area (Å²) in [6, 6.07) is 18.4. The highest BCUT2D eigenvalue weighted by molar-refractivity contribution is 5.90. The molecule has 0 N–H and O–H groups in total. The molecule has 2 aromatic carbocycles. The van der Waals surface area contributed by atoms with E-state index < -0.39 is 0 Å². The van der Waals surface area contributed by atoms with Crippen LogP contribution in [0.1, 0.15) is 44.4 Å². The molecule has 0 aliphatic carbocycles. The van der Waals surface area contributed by atoms with Gasteiger partial charge in [-0.05, 0) is 84.4 Å². The number of rotatable bonds is 7. The lowest BCUT2D eigenvalue weighted by molar-refractivity contribution is 1.33. The van der Waals surface area contributed by atoms with Crippen molar-refractivity contribution in [2.24, 2.45) is 0 Å². The Morgan fingerprint density at radius 3 is 2.20 bits per heavy atom. The molecule has 0 heteroatoms. The Morgan fingerprint density at radius 1 is 0.933 bits per heavy atom. The quantitative estimate of drug-likeness (QED) is 0.330. The van der Waals surface area contributed by atoms with Gasteiger partial charge in [-0.3, -0.25) is 0 Å². The third kappa shape index (κ3) is 5.49. The lowest BCUT2D eigenvalue weighted by Gasteiger charge is -2.20. The molecule has 2 rings (SSSR count). The molecule has 0 atom stereocenters. The van der Waals surface area contributed by atoms with Gasteiger partial charge in [0.2, 0.25) is 0 Å². The molecule has 0 fully saturated rings. The summed E-state index contributed by atoms with van der Waals surface area (Å²) in [6.45, 7) is 17.0. The molecular formula is C30H30. The first-order chi connectivity index (χ1) is 14.4. The largest absolute Gasteiger partial charge is 0.115 e. The second-order valence-electron chi connectivity index (χ2n) is 7.20. The summed E-state index contributed by atoms with van der Waals surface area (Å²) < 4.78 is 0. The molecule has 150 valence electrons. The average molecular weight is 391 g/mol. The highest BCUT2D eigenvalue weighted by Gasteiger charge is 2.17. The van der Waals surface area contributed by atoms with Crippen LogP contribution in [0.3, 0.4) is 0 Å². The Morgan fingerprint density at radius 2 is 1.63 bits per heavy atom. The van der Waals surface area contributed by atoms with Gasteiger partial charge in [-0.15, -0.1) is 6.42 Å². The molecule has 0 saturated carbocycles. The molecule has 0 heterocycles. The molecule has 0 saturated heterocycles. The molecule has 0 spiro atoms. The second kappa shape index (κ2) is 10.8. The van der Waals surface area contributed by atoms with E-state index in [1.165, 1.54) is 11.1 Å². The topological polar surface area (TPSA) is 0 Å². The summed E-state index contributed by atoms with van der Waals surface area (Å²) in [5.74, 6) is 2.68. The van der Waals surface area contributed by atoms with Crippen molar-refractivity contribution in [2.75, 3.05) is 0 Å². The summed E-state index contributed by atoms with van der Waals surface area (Å²) in [5, 5.41) is 0. The van der Waals surface area contributed by atoms with Gasteiger partial charge in [-0.1, -0.05) is 85.8 Å². The fourth-order valence-corrected chi connectivity index (χ4v) is 3.42. The van der Waals surface area contributed by atoms with Crippen molar-refractivity contribution in [3.05, 3.63) is 131 Å². The molecule has 0 aliphatic rings. The van der Waals surface area contributed by atoms with E-state index in [4.69, 9.17) is 6.42 Å². The van der Waals surface area contributed by atoms with Gasteiger partial charge in [0.1, 0.15) is 0 Å². The lowest BCUT2D eigenvalue weighted by atomic mass is 9.83. The van der Waals surface area contributed by atoms with E-state index in [1.807, 2.05) is 49.4 Å². The summed E-state index contributed by atoms with van der Waals surface area (Å²) in [7, 11) is 0. The average Bonchev–Trinajstić information content (AvgIpc) is 2.77. The first-order valence-electron chi connectivity index (χ1n) is 10.1. The standard InChI is InChI=1S/C30H30/c1-8-23(6)28(10-3)30(27-17-12-11-13-18-27)29(22(4)5)24(7)19-20-26-16-14-15-25(9-2)21-26/h2,8,10-21H,4,7H2,1,3,5-6H3/b20-19+,23-8-,28-10+,30-29+. The third-order valence-corrected chi connectivity index (χ3v) is 5.01. The number of hydrogen-bond acceptors (Lipinski definition) is 0. The van der Waals surface area contributed by atoms with Crippen molar-refractivity contribution in [1.82, 2.24) is 0 Å². The van der Waals surface area contributed by atoms with Crippen LogP contribution in [0.2, 0.25) is 0 Å². The minimum absolute atomic E-state index is 0.864. The van der Waals surface area contributed by atoms with Gasteiger partial charge in [0.25, 0.3) is 0 Å². The minimum atomic E-state index is 0.864. The van der Waals surface area contributed by atoms with E-state index in [0.29, 0.717) is 0 Å². The van der Waals surface area contributed by atoms with Gasteiger partial charge in [-0.25, -0.2) is 0 Å². The molecule has 0 unspecified atom stereocenters. The van der Waals surface area contributed by atoms with Crippen LogP contribution in [0.5, 0.6) is 0 Å². The Balaban J connectivity index is 2.67. The molecule has 2 aromatic rings. The Bertz CT molecular complexity index is 1090. The predicted molar refractivity (Wildman–Crippen MR) is 134 cm³/mol. The summed E-state index contributed by atoms with van der Waals surface area (Å²) in [4.78, 5) is 0. The SMILES string of the molecule is C#Cc1cccc(/C=C/C(=C)/C(C(=C)C)=C(C(=C/C)/C(C)=C\C)\c2ccccc2)c1. The van der Waals surface area contributed by atoms with Crippen molar-refractivity contribution in [2.45, 2.75) is 27.7 Å². The number of benzene rings is 2. The number of allylic oxidation sites excluding steroid dienone is 9. The Labute approximate surface area is 182 Å². The van der Waals surface area contributed by atoms with Crippen molar-refractivity contribution in [3.63, 3.8) is 0 Å². The van der Waals surface area contributed by atoms with Gasteiger partial charge < -0.3 is 0 Å². The van der Waals surface area contributed by atoms with E-state index in [0.717, 1.165) is 39.0 Å². The fraction of sp³-hybridized carbons (Fsp3) is 0.133. The van der Waals surface area contributed by atoms with Gasteiger partial charge in [-0.2, -0.15) is 0 Å². The first kappa shape index (κ1) is 22.7. The normalized spacial score (nSPS) is 13.0. The van der Waals surface area contributed by atoms with E-state index in [-0.39, 0.29) is 0 Å². The van der Waals surface area contributed by atoms with Gasteiger partial charge in [0.05, 0.1) is 0 Å². The summed E-state index contributed by atoms with van der Waals surface area (Å²) in [6.07, 6.45) is 13.9. The molecule has 0 nitrogen and oxygen atoms in total. The zero-order valence-electron chi connectivity index (χ0n) is 18.5. The van der Waals surface area contributed by atoms with E-state index in [2.05, 4.69) is 76.3 Å². The summed E-state index contributed by atoms with van der Waals surface area (Å²) >= 11 is 0. The van der Waals surface area contributed by atoms with Crippen LogP contribution in [-0.2, 0) is 0 Å². The van der Waals surface area contributed by atoms with E-state index in [9.17, 15) is 0 Å². The van der Waals surface area contributed by atoms with Crippen LogP contribution in [0.4, 0.5) is 0 Å². The van der Waals surface area contributed by atoms with E-state index in [1.54, 1.807) is 0 Å². The van der Waals surface area contributed by atoms with Crippen molar-refractivity contribution >= 4 is 11.6 Å². The van der Waals surface area contributed by atoms with Gasteiger partial charge in [0, 0.05) is 5.56 Å². The molecular weight excluding hydrogens is 360 g/mol. The first-order valence-corrected chi connectivity index (χ1v) is 10.1. The fourth-order valence-electron chi connectivity index (χ4n) is 3.42. The summed E-state index contributed by atoms with van der Waals surface area (Å²) in [5.41, 5.74) is 9.55. The smallest absolute Gasteiger partial charge is 0.0248 e. The predicted octanol–water partition coefficient (Wildman–Crippen LogP) is 8.18. The molecule has 0 amide bonds. The van der Waals surface area contributed by atoms with Crippen LogP contribution in [0, 0.1) is 12.3 Å².